The summed E-state index contributed by atoms with van der Waals surface area (Å²) in [5, 5.41) is 38.6. The van der Waals surface area contributed by atoms with Gasteiger partial charge in [-0.1, -0.05) is 103 Å². The van der Waals surface area contributed by atoms with Gasteiger partial charge in [0.05, 0.1) is 6.61 Å². The number of aliphatic hydroxyl groups is 4. The van der Waals surface area contributed by atoms with Crippen molar-refractivity contribution in [3.05, 3.63) is 0 Å². The molecule has 1 aliphatic heterocycles. The van der Waals surface area contributed by atoms with Crippen LogP contribution in [0.1, 0.15) is 110 Å². The summed E-state index contributed by atoms with van der Waals surface area (Å²) in [6.07, 6.45) is 15.0. The third-order valence-electron chi connectivity index (χ3n) is 6.13. The minimum Gasteiger partial charge on any atom is -0.394 e. The van der Waals surface area contributed by atoms with Gasteiger partial charge < -0.3 is 29.9 Å². The molecule has 1 saturated heterocycles. The van der Waals surface area contributed by atoms with Gasteiger partial charge in [0.25, 0.3) is 0 Å². The first-order chi connectivity index (χ1) is 14.6. The van der Waals surface area contributed by atoms with E-state index in [0.29, 0.717) is 6.61 Å². The van der Waals surface area contributed by atoms with Gasteiger partial charge in [-0.2, -0.15) is 0 Å². The molecule has 4 N–H and O–H groups in total. The van der Waals surface area contributed by atoms with E-state index < -0.39 is 37.3 Å². The second-order valence-corrected chi connectivity index (χ2v) is 8.87. The second kappa shape index (κ2) is 18.3. The lowest BCUT2D eigenvalue weighted by Gasteiger charge is -2.39. The van der Waals surface area contributed by atoms with Gasteiger partial charge in [0.2, 0.25) is 0 Å². The molecular weight excluding hydrogens is 384 g/mol. The number of aliphatic hydroxyl groups excluding tert-OH is 4. The first-order valence-corrected chi connectivity index (χ1v) is 12.5. The highest BCUT2D eigenvalue weighted by atomic mass is 16.7. The fourth-order valence-corrected chi connectivity index (χ4v) is 4.05. The van der Waals surface area contributed by atoms with Crippen molar-refractivity contribution in [3.8, 4) is 0 Å². The van der Waals surface area contributed by atoms with Crippen LogP contribution in [0.3, 0.4) is 0 Å². The van der Waals surface area contributed by atoms with Gasteiger partial charge >= 0.3 is 0 Å². The molecule has 6 heteroatoms. The third-order valence-corrected chi connectivity index (χ3v) is 6.13. The maximum Gasteiger partial charge on any atom is 0.186 e. The molecule has 0 aromatic rings. The van der Waals surface area contributed by atoms with E-state index in [1.165, 1.54) is 89.9 Å². The topological polar surface area (TPSA) is 99.4 Å². The van der Waals surface area contributed by atoms with Gasteiger partial charge in [0, 0.05) is 6.61 Å². The fourth-order valence-electron chi connectivity index (χ4n) is 4.05. The van der Waals surface area contributed by atoms with Crippen molar-refractivity contribution < 1.29 is 29.9 Å². The molecule has 1 heterocycles. The zero-order chi connectivity index (χ0) is 22.0. The van der Waals surface area contributed by atoms with Crippen LogP contribution >= 0.6 is 0 Å². The van der Waals surface area contributed by atoms with Crippen LogP contribution in [0.2, 0.25) is 0 Å². The Balaban J connectivity index is 1.85. The smallest absolute Gasteiger partial charge is 0.186 e. The summed E-state index contributed by atoms with van der Waals surface area (Å²) >= 11 is 0. The molecule has 0 aliphatic carbocycles. The molecule has 0 aromatic carbocycles. The maximum atomic E-state index is 9.91. The van der Waals surface area contributed by atoms with Crippen LogP contribution in [0.25, 0.3) is 0 Å². The average molecular weight is 433 g/mol. The van der Waals surface area contributed by atoms with Gasteiger partial charge in [-0.15, -0.1) is 0 Å². The number of hydrogen-bond acceptors (Lipinski definition) is 6. The molecule has 1 rings (SSSR count). The summed E-state index contributed by atoms with van der Waals surface area (Å²) in [6, 6.07) is 0. The van der Waals surface area contributed by atoms with Crippen LogP contribution in [0.5, 0.6) is 0 Å². The highest BCUT2D eigenvalue weighted by molar-refractivity contribution is 4.88. The molecule has 30 heavy (non-hydrogen) atoms. The third kappa shape index (κ3) is 12.0. The van der Waals surface area contributed by atoms with E-state index >= 15 is 0 Å². The Morgan fingerprint density at radius 3 is 1.47 bits per heavy atom. The van der Waals surface area contributed by atoms with Crippen molar-refractivity contribution in [3.63, 3.8) is 0 Å². The number of rotatable bonds is 19. The maximum absolute atomic E-state index is 9.91. The van der Waals surface area contributed by atoms with E-state index in [2.05, 4.69) is 6.92 Å². The SMILES string of the molecule is CCCCCCCCCCCCCCCCCCOC1O[C@H](CO)[C@@H](O)[C@H](O)[C@H]1O. The Hall–Kier alpha value is -0.240. The first kappa shape index (κ1) is 27.8. The lowest BCUT2D eigenvalue weighted by molar-refractivity contribution is -0.301. The number of ether oxygens (including phenoxy) is 2. The molecule has 0 spiro atoms. The first-order valence-electron chi connectivity index (χ1n) is 12.5. The molecule has 1 fully saturated rings. The minimum absolute atomic E-state index is 0.427. The quantitative estimate of drug-likeness (QED) is 0.230. The van der Waals surface area contributed by atoms with Gasteiger partial charge in [-0.3, -0.25) is 0 Å². The Labute approximate surface area is 184 Å². The van der Waals surface area contributed by atoms with Gasteiger partial charge in [-0.25, -0.2) is 0 Å². The Morgan fingerprint density at radius 2 is 1.03 bits per heavy atom. The Morgan fingerprint density at radius 1 is 0.600 bits per heavy atom. The summed E-state index contributed by atoms with van der Waals surface area (Å²) in [7, 11) is 0. The lowest BCUT2D eigenvalue weighted by atomic mass is 9.99. The molecule has 1 unspecified atom stereocenters. The van der Waals surface area contributed by atoms with Crippen molar-refractivity contribution in [1.82, 2.24) is 0 Å². The molecule has 0 amide bonds. The Kier molecular flexibility index (Phi) is 17.0. The zero-order valence-electron chi connectivity index (χ0n) is 19.2. The molecule has 0 radical (unpaired) electrons. The molecule has 180 valence electrons. The van der Waals surface area contributed by atoms with E-state index in [0.717, 1.165) is 12.8 Å². The van der Waals surface area contributed by atoms with E-state index in [4.69, 9.17) is 9.47 Å². The summed E-state index contributed by atoms with van der Waals surface area (Å²) in [5.41, 5.74) is 0. The molecule has 5 atom stereocenters. The number of hydrogen-bond donors (Lipinski definition) is 4. The Bertz CT molecular complexity index is 379. The van der Waals surface area contributed by atoms with Crippen LogP contribution in [-0.4, -0.2) is 64.3 Å². The molecule has 0 aromatic heterocycles. The summed E-state index contributed by atoms with van der Waals surface area (Å²) in [5.74, 6) is 0. The minimum atomic E-state index is -1.37. The largest absolute Gasteiger partial charge is 0.394 e. The second-order valence-electron chi connectivity index (χ2n) is 8.87. The molecule has 0 saturated carbocycles. The van der Waals surface area contributed by atoms with E-state index in [1.807, 2.05) is 0 Å². The van der Waals surface area contributed by atoms with Crippen LogP contribution in [-0.2, 0) is 9.47 Å². The molecule has 6 nitrogen and oxygen atoms in total. The molecule has 1 aliphatic rings. The highest BCUT2D eigenvalue weighted by Crippen LogP contribution is 2.22. The summed E-state index contributed by atoms with van der Waals surface area (Å²) in [4.78, 5) is 0. The van der Waals surface area contributed by atoms with Crippen LogP contribution < -0.4 is 0 Å². The van der Waals surface area contributed by atoms with Crippen LogP contribution in [0.4, 0.5) is 0 Å². The van der Waals surface area contributed by atoms with Crippen molar-refractivity contribution >= 4 is 0 Å². The molecular formula is C24H48O6. The lowest BCUT2D eigenvalue weighted by Crippen LogP contribution is -2.59. The summed E-state index contributed by atoms with van der Waals surface area (Å²) in [6.45, 7) is 2.27. The zero-order valence-corrected chi connectivity index (χ0v) is 19.2. The van der Waals surface area contributed by atoms with Crippen LogP contribution in [0, 0.1) is 0 Å². The normalized spacial score (nSPS) is 26.9. The predicted octanol–water partition coefficient (Wildman–Crippen LogP) is 4.06. The van der Waals surface area contributed by atoms with Crippen molar-refractivity contribution in [2.75, 3.05) is 13.2 Å². The number of unbranched alkanes of at least 4 members (excludes halogenated alkanes) is 15. The van der Waals surface area contributed by atoms with Gasteiger partial charge in [0.15, 0.2) is 6.29 Å². The predicted molar refractivity (Wildman–Crippen MR) is 119 cm³/mol. The van der Waals surface area contributed by atoms with E-state index in [-0.39, 0.29) is 0 Å². The highest BCUT2D eigenvalue weighted by Gasteiger charge is 2.43. The van der Waals surface area contributed by atoms with E-state index in [9.17, 15) is 20.4 Å². The van der Waals surface area contributed by atoms with Crippen molar-refractivity contribution in [1.29, 1.82) is 0 Å². The summed E-state index contributed by atoms with van der Waals surface area (Å²) < 4.78 is 10.8. The van der Waals surface area contributed by atoms with Crippen LogP contribution in [0.15, 0.2) is 0 Å². The van der Waals surface area contributed by atoms with Gasteiger partial charge in [-0.05, 0) is 6.42 Å². The van der Waals surface area contributed by atoms with E-state index in [1.54, 1.807) is 0 Å². The van der Waals surface area contributed by atoms with Crippen molar-refractivity contribution in [2.45, 2.75) is 140 Å². The standard InChI is InChI=1S/C24H48O6/c1-2-3-4-5-6-7-8-9-10-11-12-13-14-15-16-17-18-29-24-23(28)22(27)21(26)20(19-25)30-24/h20-28H,2-19H2,1H3/t20-,21-,22+,23-,24?/m1/s1. The molecule has 0 bridgehead atoms. The van der Waals surface area contributed by atoms with Gasteiger partial charge in [0.1, 0.15) is 24.4 Å². The fraction of sp³-hybridized carbons (Fsp3) is 1.00. The van der Waals surface area contributed by atoms with Crippen molar-refractivity contribution in [2.24, 2.45) is 0 Å². The monoisotopic (exact) mass is 432 g/mol. The average Bonchev–Trinajstić information content (AvgIpc) is 2.75.